The van der Waals surface area contributed by atoms with Crippen molar-refractivity contribution in [1.82, 2.24) is 25.3 Å². The molecule has 0 radical (unpaired) electrons. The van der Waals surface area contributed by atoms with Gasteiger partial charge in [-0.25, -0.2) is 0 Å². The molecule has 0 atom stereocenters. The van der Waals surface area contributed by atoms with Crippen LogP contribution in [0.3, 0.4) is 0 Å². The maximum atomic E-state index is 12.0. The number of carbonyl (C=O) groups is 1. The number of aliphatic imine (C=N–C) groups is 1. The predicted octanol–water partition coefficient (Wildman–Crippen LogP) is 1.00. The summed E-state index contributed by atoms with van der Waals surface area (Å²) >= 11 is 0. The molecule has 0 aliphatic rings. The van der Waals surface area contributed by atoms with Crippen LogP contribution in [0.2, 0.25) is 0 Å². The highest BCUT2D eigenvalue weighted by Crippen LogP contribution is 1.99. The van der Waals surface area contributed by atoms with Gasteiger partial charge in [-0.05, 0) is 40.2 Å². The molecule has 23 heavy (non-hydrogen) atoms. The largest absolute Gasteiger partial charge is 0.357 e. The number of nitrogens with one attached hydrogen (secondary N) is 2. The number of guanidine groups is 1. The first kappa shape index (κ1) is 19.0. The highest BCUT2D eigenvalue weighted by molar-refractivity contribution is 5.86. The molecule has 0 aromatic carbocycles. The van der Waals surface area contributed by atoms with Crippen molar-refractivity contribution in [2.75, 3.05) is 26.7 Å². The first-order valence-electron chi connectivity index (χ1n) is 8.01. The topological polar surface area (TPSA) is 74.5 Å². The third kappa shape index (κ3) is 7.67. The maximum absolute atomic E-state index is 12.0. The van der Waals surface area contributed by atoms with Crippen LogP contribution in [0.4, 0.5) is 0 Å². The summed E-state index contributed by atoms with van der Waals surface area (Å²) in [5, 5.41) is 10.4. The summed E-state index contributed by atoms with van der Waals surface area (Å²) < 4.78 is 1.87. The van der Waals surface area contributed by atoms with Gasteiger partial charge in [0.15, 0.2) is 5.96 Å². The van der Waals surface area contributed by atoms with Crippen molar-refractivity contribution in [3.63, 3.8) is 0 Å². The lowest BCUT2D eigenvalue weighted by Crippen LogP contribution is -2.48. The van der Waals surface area contributed by atoms with E-state index in [9.17, 15) is 4.79 Å². The van der Waals surface area contributed by atoms with Gasteiger partial charge < -0.3 is 15.5 Å². The summed E-state index contributed by atoms with van der Waals surface area (Å²) in [5.74, 6) is 0.703. The van der Waals surface area contributed by atoms with Gasteiger partial charge in [-0.2, -0.15) is 5.10 Å². The predicted molar refractivity (Wildman–Crippen MR) is 93.5 cm³/mol. The number of carbonyl (C=O) groups excluding carboxylic acids is 1. The van der Waals surface area contributed by atoms with Gasteiger partial charge in [0.1, 0.15) is 0 Å². The Morgan fingerprint density at radius 3 is 2.65 bits per heavy atom. The van der Waals surface area contributed by atoms with Gasteiger partial charge in [0.2, 0.25) is 5.91 Å². The Labute approximate surface area is 139 Å². The molecule has 1 rings (SSSR count). The lowest BCUT2D eigenvalue weighted by molar-refractivity contribution is -0.122. The van der Waals surface area contributed by atoms with E-state index >= 15 is 0 Å². The molecule has 0 aliphatic heterocycles. The fraction of sp³-hybridized carbons (Fsp3) is 0.688. The fourth-order valence-electron chi connectivity index (χ4n) is 2.07. The molecule has 0 aliphatic carbocycles. The lowest BCUT2D eigenvalue weighted by Gasteiger charge is -2.25. The Morgan fingerprint density at radius 1 is 1.43 bits per heavy atom. The second kappa shape index (κ2) is 8.55. The zero-order chi connectivity index (χ0) is 17.5. The van der Waals surface area contributed by atoms with Crippen molar-refractivity contribution in [1.29, 1.82) is 0 Å². The first-order chi connectivity index (χ1) is 10.7. The van der Waals surface area contributed by atoms with Crippen LogP contribution in [0.5, 0.6) is 0 Å². The molecule has 0 bridgehead atoms. The zero-order valence-electron chi connectivity index (χ0n) is 15.2. The Kier molecular flexibility index (Phi) is 7.06. The quantitative estimate of drug-likeness (QED) is 0.605. The standard InChI is InChI=1S/C16H30N6O/c1-7-17-15(18-8-9-22-11-13(2)10-19-22)21(6)12-14(23)20-16(3,4)5/h10-11H,7-9,12H2,1-6H3,(H,17,18)(H,20,23). The van der Waals surface area contributed by atoms with Crippen molar-refractivity contribution in [2.24, 2.45) is 4.99 Å². The van der Waals surface area contributed by atoms with Gasteiger partial charge in [-0.1, -0.05) is 0 Å². The smallest absolute Gasteiger partial charge is 0.240 e. The summed E-state index contributed by atoms with van der Waals surface area (Å²) in [6.45, 7) is 12.3. The lowest BCUT2D eigenvalue weighted by atomic mass is 10.1. The van der Waals surface area contributed by atoms with Crippen molar-refractivity contribution >= 4 is 11.9 Å². The number of nitrogens with zero attached hydrogens (tertiary/aromatic N) is 4. The molecule has 0 unspecified atom stereocenters. The molecule has 1 heterocycles. The fourth-order valence-corrected chi connectivity index (χ4v) is 2.07. The van der Waals surface area contributed by atoms with E-state index in [4.69, 9.17) is 0 Å². The SMILES string of the molecule is CCNC(=NCCn1cc(C)cn1)N(C)CC(=O)NC(C)(C)C. The van der Waals surface area contributed by atoms with Crippen molar-refractivity contribution in [3.8, 4) is 0 Å². The molecule has 0 fully saturated rings. The van der Waals surface area contributed by atoms with Crippen LogP contribution in [0, 0.1) is 6.92 Å². The molecule has 130 valence electrons. The van der Waals surface area contributed by atoms with Crippen LogP contribution in [0.1, 0.15) is 33.3 Å². The van der Waals surface area contributed by atoms with Gasteiger partial charge in [0.25, 0.3) is 0 Å². The minimum Gasteiger partial charge on any atom is -0.357 e. The van der Waals surface area contributed by atoms with E-state index < -0.39 is 0 Å². The monoisotopic (exact) mass is 322 g/mol. The molecule has 1 aromatic rings. The molecule has 1 amide bonds. The van der Waals surface area contributed by atoms with Gasteiger partial charge in [-0.15, -0.1) is 0 Å². The number of aryl methyl sites for hydroxylation is 1. The van der Waals surface area contributed by atoms with E-state index in [1.54, 1.807) is 0 Å². The average Bonchev–Trinajstić information content (AvgIpc) is 2.81. The number of likely N-dealkylation sites (N-methyl/N-ethyl adjacent to an activating group) is 1. The van der Waals surface area contributed by atoms with E-state index in [0.29, 0.717) is 13.1 Å². The normalized spacial score (nSPS) is 12.2. The highest BCUT2D eigenvalue weighted by Gasteiger charge is 2.16. The van der Waals surface area contributed by atoms with E-state index in [1.165, 1.54) is 0 Å². The van der Waals surface area contributed by atoms with E-state index in [0.717, 1.165) is 18.1 Å². The Morgan fingerprint density at radius 2 is 2.13 bits per heavy atom. The van der Waals surface area contributed by atoms with Crippen LogP contribution in [-0.4, -0.2) is 58.8 Å². The summed E-state index contributed by atoms with van der Waals surface area (Å²) in [5.41, 5.74) is 0.905. The molecule has 2 N–H and O–H groups in total. The summed E-state index contributed by atoms with van der Waals surface area (Å²) in [7, 11) is 1.86. The minimum atomic E-state index is -0.231. The summed E-state index contributed by atoms with van der Waals surface area (Å²) in [6.07, 6.45) is 3.82. The van der Waals surface area contributed by atoms with E-state index in [1.807, 2.05) is 63.6 Å². The molecule has 7 nitrogen and oxygen atoms in total. The maximum Gasteiger partial charge on any atom is 0.240 e. The number of hydrogen-bond donors (Lipinski definition) is 2. The van der Waals surface area contributed by atoms with Gasteiger partial charge in [0, 0.05) is 25.3 Å². The van der Waals surface area contributed by atoms with Crippen LogP contribution in [0.15, 0.2) is 17.4 Å². The summed E-state index contributed by atoms with van der Waals surface area (Å²) in [6, 6.07) is 0. The number of amides is 1. The second-order valence-corrected chi connectivity index (χ2v) is 6.67. The molecular formula is C16H30N6O. The molecule has 0 saturated heterocycles. The van der Waals surface area contributed by atoms with Crippen LogP contribution in [0.25, 0.3) is 0 Å². The molecule has 0 saturated carbocycles. The highest BCUT2D eigenvalue weighted by atomic mass is 16.2. The van der Waals surface area contributed by atoms with Crippen molar-refractivity contribution in [3.05, 3.63) is 18.0 Å². The number of rotatable bonds is 6. The van der Waals surface area contributed by atoms with Crippen molar-refractivity contribution in [2.45, 2.75) is 46.7 Å². The Balaban J connectivity index is 2.57. The van der Waals surface area contributed by atoms with Crippen molar-refractivity contribution < 1.29 is 4.79 Å². The first-order valence-corrected chi connectivity index (χ1v) is 8.01. The van der Waals surface area contributed by atoms with Crippen LogP contribution < -0.4 is 10.6 Å². The van der Waals surface area contributed by atoms with E-state index in [-0.39, 0.29) is 18.0 Å². The molecular weight excluding hydrogens is 292 g/mol. The number of hydrogen-bond acceptors (Lipinski definition) is 3. The number of aromatic nitrogens is 2. The third-order valence-corrected chi connectivity index (χ3v) is 2.94. The van der Waals surface area contributed by atoms with Gasteiger partial charge in [0.05, 0.1) is 25.8 Å². The Hall–Kier alpha value is -2.05. The minimum absolute atomic E-state index is 0.0201. The summed E-state index contributed by atoms with van der Waals surface area (Å²) in [4.78, 5) is 18.4. The van der Waals surface area contributed by atoms with Crippen LogP contribution in [-0.2, 0) is 11.3 Å². The average molecular weight is 322 g/mol. The third-order valence-electron chi connectivity index (χ3n) is 2.94. The molecule has 7 heteroatoms. The van der Waals surface area contributed by atoms with E-state index in [2.05, 4.69) is 20.7 Å². The van der Waals surface area contributed by atoms with Gasteiger partial charge >= 0.3 is 0 Å². The zero-order valence-corrected chi connectivity index (χ0v) is 15.2. The van der Waals surface area contributed by atoms with Crippen LogP contribution >= 0.6 is 0 Å². The molecule has 0 spiro atoms. The van der Waals surface area contributed by atoms with Gasteiger partial charge in [-0.3, -0.25) is 14.5 Å². The second-order valence-electron chi connectivity index (χ2n) is 6.67. The molecule has 1 aromatic heterocycles. The Bertz CT molecular complexity index is 529.